The highest BCUT2D eigenvalue weighted by Crippen LogP contribution is 2.14. The van der Waals surface area contributed by atoms with Gasteiger partial charge in [0.15, 0.2) is 0 Å². The van der Waals surface area contributed by atoms with Crippen molar-refractivity contribution in [1.82, 2.24) is 15.1 Å². The van der Waals surface area contributed by atoms with Crippen molar-refractivity contribution < 1.29 is 0 Å². The van der Waals surface area contributed by atoms with Crippen LogP contribution in [-0.4, -0.2) is 22.4 Å². The molecular formula is C17H24ClN3. The van der Waals surface area contributed by atoms with Crippen molar-refractivity contribution in [2.75, 3.05) is 6.54 Å². The molecule has 114 valence electrons. The van der Waals surface area contributed by atoms with Crippen LogP contribution in [0.4, 0.5) is 0 Å². The topological polar surface area (TPSA) is 29.9 Å². The molecule has 0 saturated heterocycles. The van der Waals surface area contributed by atoms with Crippen LogP contribution in [0.25, 0.3) is 0 Å². The van der Waals surface area contributed by atoms with Crippen LogP contribution in [0.1, 0.15) is 30.9 Å². The molecular weight excluding hydrogens is 282 g/mol. The zero-order valence-electron chi connectivity index (χ0n) is 12.8. The lowest BCUT2D eigenvalue weighted by Crippen LogP contribution is -2.32. The zero-order chi connectivity index (χ0) is 15.1. The third kappa shape index (κ3) is 5.52. The summed E-state index contributed by atoms with van der Waals surface area (Å²) in [6, 6.07) is 8.64. The summed E-state index contributed by atoms with van der Waals surface area (Å²) in [5.41, 5.74) is 2.59. The van der Waals surface area contributed by atoms with Crippen LogP contribution >= 0.6 is 11.6 Å². The lowest BCUT2D eigenvalue weighted by molar-refractivity contribution is 0.477. The van der Waals surface area contributed by atoms with Crippen LogP contribution in [-0.2, 0) is 19.9 Å². The smallest absolute Gasteiger partial charge is 0.0521 e. The number of nitrogens with one attached hydrogen (secondary N) is 1. The molecule has 0 spiro atoms. The Morgan fingerprint density at radius 2 is 2.19 bits per heavy atom. The minimum atomic E-state index is 0.476. The number of halogens is 1. The first kappa shape index (κ1) is 16.1. The predicted octanol–water partition coefficient (Wildman–Crippen LogP) is 3.62. The second-order valence-electron chi connectivity index (χ2n) is 5.55. The van der Waals surface area contributed by atoms with Crippen molar-refractivity contribution >= 4 is 11.6 Å². The maximum Gasteiger partial charge on any atom is 0.0521 e. The summed E-state index contributed by atoms with van der Waals surface area (Å²) in [6.45, 7) is 3.25. The zero-order valence-corrected chi connectivity index (χ0v) is 13.6. The van der Waals surface area contributed by atoms with E-state index in [0.717, 1.165) is 37.3 Å². The van der Waals surface area contributed by atoms with E-state index in [1.165, 1.54) is 11.1 Å². The third-order valence-corrected chi connectivity index (χ3v) is 3.83. The van der Waals surface area contributed by atoms with Gasteiger partial charge in [-0.25, -0.2) is 0 Å². The molecule has 1 atom stereocenters. The summed E-state index contributed by atoms with van der Waals surface area (Å²) in [7, 11) is 1.96. The summed E-state index contributed by atoms with van der Waals surface area (Å²) in [5, 5.41) is 8.69. The predicted molar refractivity (Wildman–Crippen MR) is 88.8 cm³/mol. The fraction of sp³-hybridized carbons (Fsp3) is 0.471. The van der Waals surface area contributed by atoms with Crippen LogP contribution in [0.3, 0.4) is 0 Å². The maximum atomic E-state index is 6.08. The normalized spacial score (nSPS) is 12.5. The first-order valence-corrected chi connectivity index (χ1v) is 8.00. The Kier molecular flexibility index (Phi) is 6.27. The number of aromatic nitrogens is 2. The fourth-order valence-electron chi connectivity index (χ4n) is 2.52. The molecule has 4 heteroatoms. The molecule has 0 amide bonds. The van der Waals surface area contributed by atoms with Gasteiger partial charge in [0, 0.05) is 24.3 Å². The lowest BCUT2D eigenvalue weighted by Gasteiger charge is -2.18. The van der Waals surface area contributed by atoms with E-state index in [0.29, 0.717) is 6.04 Å². The summed E-state index contributed by atoms with van der Waals surface area (Å²) in [5.74, 6) is 0. The van der Waals surface area contributed by atoms with E-state index in [-0.39, 0.29) is 0 Å². The van der Waals surface area contributed by atoms with Gasteiger partial charge in [0.05, 0.1) is 6.20 Å². The van der Waals surface area contributed by atoms with E-state index in [4.69, 9.17) is 11.6 Å². The van der Waals surface area contributed by atoms with Crippen LogP contribution in [0.5, 0.6) is 0 Å². The van der Waals surface area contributed by atoms with Crippen LogP contribution < -0.4 is 5.32 Å². The standard InChI is InChI=1S/C17H24ClN3/c1-3-9-19-17(8-7-15-12-20-21(2)13-15)11-14-5-4-6-16(18)10-14/h4-6,10,12-13,17,19H,3,7-9,11H2,1-2H3. The summed E-state index contributed by atoms with van der Waals surface area (Å²) in [6.07, 6.45) is 8.38. The van der Waals surface area contributed by atoms with E-state index in [9.17, 15) is 0 Å². The molecule has 2 rings (SSSR count). The number of nitrogens with zero attached hydrogens (tertiary/aromatic N) is 2. The molecule has 1 aromatic heterocycles. The number of hydrogen-bond acceptors (Lipinski definition) is 2. The highest BCUT2D eigenvalue weighted by atomic mass is 35.5. The van der Waals surface area contributed by atoms with Gasteiger partial charge in [0.25, 0.3) is 0 Å². The minimum Gasteiger partial charge on any atom is -0.314 e. The molecule has 0 saturated carbocycles. The van der Waals surface area contributed by atoms with Gasteiger partial charge in [-0.3, -0.25) is 4.68 Å². The highest BCUT2D eigenvalue weighted by Gasteiger charge is 2.10. The first-order chi connectivity index (χ1) is 10.2. The number of rotatable bonds is 8. The van der Waals surface area contributed by atoms with Gasteiger partial charge in [-0.15, -0.1) is 0 Å². The molecule has 1 aromatic carbocycles. The van der Waals surface area contributed by atoms with Crippen molar-refractivity contribution in [1.29, 1.82) is 0 Å². The molecule has 1 N–H and O–H groups in total. The molecule has 1 heterocycles. The second-order valence-corrected chi connectivity index (χ2v) is 5.98. The van der Waals surface area contributed by atoms with E-state index in [1.807, 2.05) is 30.1 Å². The minimum absolute atomic E-state index is 0.476. The molecule has 0 aliphatic carbocycles. The second kappa shape index (κ2) is 8.20. The molecule has 2 aromatic rings. The Morgan fingerprint density at radius 1 is 1.33 bits per heavy atom. The van der Waals surface area contributed by atoms with E-state index >= 15 is 0 Å². The maximum absolute atomic E-state index is 6.08. The Balaban J connectivity index is 1.93. The molecule has 0 aliphatic rings. The van der Waals surface area contributed by atoms with Gasteiger partial charge >= 0.3 is 0 Å². The number of benzene rings is 1. The molecule has 0 aliphatic heterocycles. The Morgan fingerprint density at radius 3 is 2.86 bits per heavy atom. The average molecular weight is 306 g/mol. The van der Waals surface area contributed by atoms with Gasteiger partial charge in [-0.1, -0.05) is 30.7 Å². The molecule has 0 fully saturated rings. The Labute approximate surface area is 132 Å². The molecule has 21 heavy (non-hydrogen) atoms. The summed E-state index contributed by atoms with van der Waals surface area (Å²) >= 11 is 6.08. The monoisotopic (exact) mass is 305 g/mol. The third-order valence-electron chi connectivity index (χ3n) is 3.59. The first-order valence-electron chi connectivity index (χ1n) is 7.62. The fourth-order valence-corrected chi connectivity index (χ4v) is 2.73. The SMILES string of the molecule is CCCNC(CCc1cnn(C)c1)Cc1cccc(Cl)c1. The Hall–Kier alpha value is -1.32. The van der Waals surface area contributed by atoms with Gasteiger partial charge < -0.3 is 5.32 Å². The van der Waals surface area contributed by atoms with Gasteiger partial charge in [0.2, 0.25) is 0 Å². The van der Waals surface area contributed by atoms with Crippen molar-refractivity contribution in [2.45, 2.75) is 38.6 Å². The van der Waals surface area contributed by atoms with E-state index in [2.05, 4.69) is 35.7 Å². The largest absolute Gasteiger partial charge is 0.314 e. The van der Waals surface area contributed by atoms with Gasteiger partial charge in [-0.05, 0) is 55.5 Å². The molecule has 0 radical (unpaired) electrons. The van der Waals surface area contributed by atoms with Crippen LogP contribution in [0.15, 0.2) is 36.7 Å². The van der Waals surface area contributed by atoms with E-state index < -0.39 is 0 Å². The van der Waals surface area contributed by atoms with Crippen LogP contribution in [0.2, 0.25) is 5.02 Å². The summed E-state index contributed by atoms with van der Waals surface area (Å²) < 4.78 is 1.86. The Bertz CT molecular complexity index is 550. The molecule has 0 bridgehead atoms. The van der Waals surface area contributed by atoms with Gasteiger partial charge in [-0.2, -0.15) is 5.10 Å². The van der Waals surface area contributed by atoms with Crippen molar-refractivity contribution in [3.05, 3.63) is 52.8 Å². The number of hydrogen-bond donors (Lipinski definition) is 1. The van der Waals surface area contributed by atoms with Crippen molar-refractivity contribution in [3.63, 3.8) is 0 Å². The quantitative estimate of drug-likeness (QED) is 0.807. The van der Waals surface area contributed by atoms with E-state index in [1.54, 1.807) is 0 Å². The highest BCUT2D eigenvalue weighted by molar-refractivity contribution is 6.30. The van der Waals surface area contributed by atoms with Crippen LogP contribution in [0, 0.1) is 0 Å². The lowest BCUT2D eigenvalue weighted by atomic mass is 10.00. The van der Waals surface area contributed by atoms with Gasteiger partial charge in [0.1, 0.15) is 0 Å². The molecule has 1 unspecified atom stereocenters. The van der Waals surface area contributed by atoms with Crippen molar-refractivity contribution in [3.8, 4) is 0 Å². The number of aryl methyl sites for hydroxylation is 2. The molecule has 3 nitrogen and oxygen atoms in total. The average Bonchev–Trinajstić information content (AvgIpc) is 2.87. The summed E-state index contributed by atoms with van der Waals surface area (Å²) in [4.78, 5) is 0. The van der Waals surface area contributed by atoms with Crippen molar-refractivity contribution in [2.24, 2.45) is 7.05 Å².